The smallest absolute Gasteiger partial charge is 0.254 e. The van der Waals surface area contributed by atoms with Crippen molar-refractivity contribution in [3.8, 4) is 17.2 Å². The molecule has 166 valence electrons. The maximum atomic E-state index is 13.3. The number of nitrogens with zero attached hydrogens (tertiary/aromatic N) is 3. The van der Waals surface area contributed by atoms with Crippen molar-refractivity contribution in [1.29, 1.82) is 5.26 Å². The third-order valence-corrected chi connectivity index (χ3v) is 7.18. The fraction of sp³-hybridized carbons (Fsp3) is 0.154. The second kappa shape index (κ2) is 9.82. The molecule has 1 aliphatic rings. The minimum atomic E-state index is -3.58. The number of nitriles is 1. The highest BCUT2D eigenvalue weighted by molar-refractivity contribution is 7.92. The maximum Gasteiger partial charge on any atom is 0.254 e. The van der Waals surface area contributed by atoms with Crippen molar-refractivity contribution < 1.29 is 13.2 Å². The molecule has 0 spiro atoms. The van der Waals surface area contributed by atoms with E-state index in [4.69, 9.17) is 0 Å². The minimum Gasteiger partial charge on any atom is -0.336 e. The summed E-state index contributed by atoms with van der Waals surface area (Å²) in [7, 11) is -3.58. The lowest BCUT2D eigenvalue weighted by molar-refractivity contribution is 0.0699. The second-order valence-corrected chi connectivity index (χ2v) is 9.47. The Kier molecular flexibility index (Phi) is 6.68. The number of hydrogen-bond donors (Lipinski definition) is 0. The molecule has 1 aliphatic heterocycles. The van der Waals surface area contributed by atoms with Crippen LogP contribution < -0.4 is 0 Å². The van der Waals surface area contributed by atoms with E-state index in [-0.39, 0.29) is 19.0 Å². The van der Waals surface area contributed by atoms with E-state index >= 15 is 0 Å². The van der Waals surface area contributed by atoms with E-state index in [9.17, 15) is 18.5 Å². The zero-order valence-corrected chi connectivity index (χ0v) is 18.8. The molecule has 1 heterocycles. The third-order valence-electron chi connectivity index (χ3n) is 5.61. The van der Waals surface area contributed by atoms with Crippen LogP contribution in [0.2, 0.25) is 0 Å². The molecule has 0 radical (unpaired) electrons. The van der Waals surface area contributed by atoms with Gasteiger partial charge in [0, 0.05) is 42.7 Å². The van der Waals surface area contributed by atoms with E-state index in [1.54, 1.807) is 35.2 Å². The van der Waals surface area contributed by atoms with Gasteiger partial charge in [-0.2, -0.15) is 9.57 Å². The van der Waals surface area contributed by atoms with Gasteiger partial charge in [-0.05, 0) is 29.3 Å². The molecule has 3 aromatic rings. The first-order valence-electron chi connectivity index (χ1n) is 10.6. The van der Waals surface area contributed by atoms with Gasteiger partial charge >= 0.3 is 0 Å². The average molecular weight is 458 g/mol. The van der Waals surface area contributed by atoms with E-state index < -0.39 is 10.0 Å². The Labute approximate surface area is 194 Å². The SMILES string of the molecule is N#Cc1ccccc1-c1ccccc1C(=O)N1CCN(S(=O)(=O)/C=C/c2ccccc2)CC1. The zero-order valence-electron chi connectivity index (χ0n) is 18.0. The Balaban J connectivity index is 1.49. The van der Waals surface area contributed by atoms with Crippen molar-refractivity contribution in [1.82, 2.24) is 9.21 Å². The Morgan fingerprint density at radius 2 is 1.42 bits per heavy atom. The summed E-state index contributed by atoms with van der Waals surface area (Å²) >= 11 is 0. The van der Waals surface area contributed by atoms with Crippen LogP contribution in [0.4, 0.5) is 0 Å². The largest absolute Gasteiger partial charge is 0.336 e. The number of piperazine rings is 1. The molecule has 1 amide bonds. The Hall–Kier alpha value is -3.73. The zero-order chi connectivity index (χ0) is 23.3. The fourth-order valence-corrected chi connectivity index (χ4v) is 5.02. The predicted octanol–water partition coefficient (Wildman–Crippen LogP) is 3.98. The number of rotatable bonds is 5. The average Bonchev–Trinajstić information content (AvgIpc) is 2.88. The van der Waals surface area contributed by atoms with Crippen LogP contribution in [0.5, 0.6) is 0 Å². The number of carbonyl (C=O) groups excluding carboxylic acids is 1. The Morgan fingerprint density at radius 3 is 2.12 bits per heavy atom. The summed E-state index contributed by atoms with van der Waals surface area (Å²) < 4.78 is 26.8. The highest BCUT2D eigenvalue weighted by Crippen LogP contribution is 2.28. The van der Waals surface area contributed by atoms with E-state index in [1.807, 2.05) is 54.6 Å². The molecule has 0 unspecified atom stereocenters. The molecule has 0 aliphatic carbocycles. The molecule has 0 N–H and O–H groups in total. The molecule has 1 fully saturated rings. The minimum absolute atomic E-state index is 0.171. The summed E-state index contributed by atoms with van der Waals surface area (Å²) in [5, 5.41) is 10.7. The van der Waals surface area contributed by atoms with Crippen LogP contribution in [0, 0.1) is 11.3 Å². The molecular weight excluding hydrogens is 434 g/mol. The molecule has 7 heteroatoms. The molecule has 3 aromatic carbocycles. The highest BCUT2D eigenvalue weighted by Gasteiger charge is 2.29. The van der Waals surface area contributed by atoms with Crippen LogP contribution in [-0.2, 0) is 10.0 Å². The molecule has 33 heavy (non-hydrogen) atoms. The van der Waals surface area contributed by atoms with Crippen molar-refractivity contribution >= 4 is 22.0 Å². The van der Waals surface area contributed by atoms with Crippen molar-refractivity contribution in [2.75, 3.05) is 26.2 Å². The van der Waals surface area contributed by atoms with Crippen LogP contribution in [0.3, 0.4) is 0 Å². The van der Waals surface area contributed by atoms with Gasteiger partial charge in [-0.25, -0.2) is 8.42 Å². The third kappa shape index (κ3) is 5.03. The van der Waals surface area contributed by atoms with Crippen molar-refractivity contribution in [3.63, 3.8) is 0 Å². The van der Waals surface area contributed by atoms with Crippen LogP contribution in [0.1, 0.15) is 21.5 Å². The lowest BCUT2D eigenvalue weighted by atomic mass is 9.95. The van der Waals surface area contributed by atoms with Gasteiger partial charge in [0.1, 0.15) is 0 Å². The fourth-order valence-electron chi connectivity index (χ4n) is 3.85. The molecule has 0 bridgehead atoms. The van der Waals surface area contributed by atoms with Gasteiger partial charge < -0.3 is 4.90 Å². The molecule has 0 atom stereocenters. The van der Waals surface area contributed by atoms with Crippen molar-refractivity contribution in [2.24, 2.45) is 0 Å². The molecule has 4 rings (SSSR count). The van der Waals surface area contributed by atoms with Gasteiger partial charge in [0.25, 0.3) is 5.91 Å². The first-order valence-corrected chi connectivity index (χ1v) is 12.1. The van der Waals surface area contributed by atoms with Gasteiger partial charge in [0.15, 0.2) is 0 Å². The van der Waals surface area contributed by atoms with Crippen LogP contribution in [-0.4, -0.2) is 49.7 Å². The monoisotopic (exact) mass is 457 g/mol. The van der Waals surface area contributed by atoms with Crippen LogP contribution in [0.15, 0.2) is 84.3 Å². The lowest BCUT2D eigenvalue weighted by Crippen LogP contribution is -2.50. The van der Waals surface area contributed by atoms with Crippen molar-refractivity contribution in [3.05, 3.63) is 101 Å². The number of amides is 1. The summed E-state index contributed by atoms with van der Waals surface area (Å²) in [5.41, 5.74) is 3.21. The normalized spacial score (nSPS) is 14.8. The first kappa shape index (κ1) is 22.5. The number of benzene rings is 3. The van der Waals surface area contributed by atoms with Gasteiger partial charge in [0.05, 0.1) is 11.6 Å². The van der Waals surface area contributed by atoms with Gasteiger partial charge in [-0.1, -0.05) is 66.7 Å². The van der Waals surface area contributed by atoms with Crippen LogP contribution in [0.25, 0.3) is 17.2 Å². The Bertz CT molecular complexity index is 1320. The van der Waals surface area contributed by atoms with Gasteiger partial charge in [-0.15, -0.1) is 0 Å². The summed E-state index contributed by atoms with van der Waals surface area (Å²) in [5.74, 6) is -0.171. The molecular formula is C26H23N3O3S. The van der Waals surface area contributed by atoms with Crippen LogP contribution >= 0.6 is 0 Å². The summed E-state index contributed by atoms with van der Waals surface area (Å²) in [4.78, 5) is 15.0. The quantitative estimate of drug-likeness (QED) is 0.580. The number of carbonyl (C=O) groups is 1. The standard InChI is InChI=1S/C26H23N3O3S/c27-20-22-10-4-5-11-23(22)24-12-6-7-13-25(24)26(30)28-15-17-29(18-16-28)33(31,32)19-14-21-8-2-1-3-9-21/h1-14,19H,15-18H2/b19-14+. The van der Waals surface area contributed by atoms with E-state index in [0.29, 0.717) is 35.3 Å². The first-order chi connectivity index (χ1) is 16.0. The summed E-state index contributed by atoms with van der Waals surface area (Å²) in [6, 6.07) is 25.8. The predicted molar refractivity (Wildman–Crippen MR) is 128 cm³/mol. The van der Waals surface area contributed by atoms with E-state index in [1.165, 1.54) is 9.71 Å². The molecule has 1 saturated heterocycles. The maximum absolute atomic E-state index is 13.3. The lowest BCUT2D eigenvalue weighted by Gasteiger charge is -2.33. The second-order valence-electron chi connectivity index (χ2n) is 7.65. The number of sulfonamides is 1. The van der Waals surface area contributed by atoms with E-state index in [0.717, 1.165) is 5.56 Å². The summed E-state index contributed by atoms with van der Waals surface area (Å²) in [6.07, 6.45) is 1.58. The van der Waals surface area contributed by atoms with Crippen molar-refractivity contribution in [2.45, 2.75) is 0 Å². The van der Waals surface area contributed by atoms with Gasteiger partial charge in [-0.3, -0.25) is 4.79 Å². The van der Waals surface area contributed by atoms with E-state index in [2.05, 4.69) is 6.07 Å². The highest BCUT2D eigenvalue weighted by atomic mass is 32.2. The Morgan fingerprint density at radius 1 is 0.818 bits per heavy atom. The number of hydrogen-bond acceptors (Lipinski definition) is 4. The van der Waals surface area contributed by atoms with Gasteiger partial charge in [0.2, 0.25) is 10.0 Å². The molecule has 6 nitrogen and oxygen atoms in total. The summed E-state index contributed by atoms with van der Waals surface area (Å²) in [6.45, 7) is 1.05. The molecule has 0 saturated carbocycles. The topological polar surface area (TPSA) is 81.5 Å². The molecule has 0 aromatic heterocycles.